The standard InChI is InChI=1S/C21H21F3N2OS.C17H20N2O2/c1-3-5-7-14-8-6-9-18(28-4-2)19(14)20(27)26-16-11-10-15(13-25)17(12-16)21(22,23)24;1-19(2)12-13-21-16-11-7-6-10-15(16)17(20)18-14-8-4-3-5-9-14/h6,8-12H,3-5,7H2,1-2H3,(H,26,27);3-11H,12-13H2,1-2H3,(H,18,20). The van der Waals surface area contributed by atoms with Crippen LogP contribution in [-0.4, -0.2) is 49.7 Å². The lowest BCUT2D eigenvalue weighted by atomic mass is 10.0. The maximum Gasteiger partial charge on any atom is 0.417 e. The summed E-state index contributed by atoms with van der Waals surface area (Å²) >= 11 is 1.52. The Hall–Kier alpha value is -4.79. The number of unbranched alkanes of at least 4 members (excludes halogenated alkanes) is 1. The number of halogens is 3. The Bertz CT molecular complexity index is 1720. The van der Waals surface area contributed by atoms with E-state index in [1.165, 1.54) is 23.9 Å². The van der Waals surface area contributed by atoms with Gasteiger partial charge in [-0.25, -0.2) is 0 Å². The van der Waals surface area contributed by atoms with Crippen LogP contribution in [0.25, 0.3) is 0 Å². The van der Waals surface area contributed by atoms with Gasteiger partial charge in [-0.05, 0) is 86.8 Å². The number of hydrogen-bond donors (Lipinski definition) is 2. The number of rotatable bonds is 13. The Labute approximate surface area is 290 Å². The monoisotopic (exact) mass is 690 g/mol. The number of carbonyl (C=O) groups excluding carboxylic acids is 2. The fraction of sp³-hybridized carbons (Fsp3) is 0.289. The van der Waals surface area contributed by atoms with E-state index in [4.69, 9.17) is 10.00 Å². The van der Waals surface area contributed by atoms with Crippen molar-refractivity contribution in [2.75, 3.05) is 43.6 Å². The summed E-state index contributed by atoms with van der Waals surface area (Å²) in [6.45, 7) is 5.37. The van der Waals surface area contributed by atoms with Crippen molar-refractivity contribution in [1.29, 1.82) is 5.26 Å². The minimum absolute atomic E-state index is 0.00840. The summed E-state index contributed by atoms with van der Waals surface area (Å²) in [7, 11) is 3.97. The van der Waals surface area contributed by atoms with Crippen LogP contribution in [-0.2, 0) is 12.6 Å². The summed E-state index contributed by atoms with van der Waals surface area (Å²) in [5, 5.41) is 14.4. The molecule has 0 spiro atoms. The van der Waals surface area contributed by atoms with Crippen LogP contribution in [0.5, 0.6) is 5.75 Å². The van der Waals surface area contributed by atoms with Gasteiger partial charge in [0.25, 0.3) is 11.8 Å². The van der Waals surface area contributed by atoms with Gasteiger partial charge >= 0.3 is 6.18 Å². The molecule has 0 atom stereocenters. The Morgan fingerprint density at radius 3 is 2.22 bits per heavy atom. The van der Waals surface area contributed by atoms with Crippen molar-refractivity contribution in [3.63, 3.8) is 0 Å². The van der Waals surface area contributed by atoms with E-state index in [1.807, 2.05) is 92.6 Å². The lowest BCUT2D eigenvalue weighted by molar-refractivity contribution is -0.137. The Kier molecular flexibility index (Phi) is 15.2. The van der Waals surface area contributed by atoms with Gasteiger partial charge in [0.15, 0.2) is 0 Å². The van der Waals surface area contributed by atoms with Crippen molar-refractivity contribution in [1.82, 2.24) is 4.90 Å². The van der Waals surface area contributed by atoms with E-state index < -0.39 is 23.2 Å². The number of nitrogens with zero attached hydrogens (tertiary/aromatic N) is 2. The van der Waals surface area contributed by atoms with Gasteiger partial charge in [0.1, 0.15) is 12.4 Å². The number of nitriles is 1. The van der Waals surface area contributed by atoms with Gasteiger partial charge in [0, 0.05) is 22.8 Å². The van der Waals surface area contributed by atoms with E-state index in [0.29, 0.717) is 23.5 Å². The predicted molar refractivity (Wildman–Crippen MR) is 190 cm³/mol. The molecular formula is C38H41F3N4O3S. The van der Waals surface area contributed by atoms with Crippen LogP contribution < -0.4 is 15.4 Å². The molecular weight excluding hydrogens is 650 g/mol. The third kappa shape index (κ3) is 12.0. The second-order valence-corrected chi connectivity index (χ2v) is 12.4. The molecule has 4 aromatic rings. The number of para-hydroxylation sites is 2. The first-order chi connectivity index (χ1) is 23.5. The van der Waals surface area contributed by atoms with Crippen LogP contribution in [0.3, 0.4) is 0 Å². The fourth-order valence-electron chi connectivity index (χ4n) is 4.67. The number of anilines is 2. The molecule has 0 bridgehead atoms. The van der Waals surface area contributed by atoms with Crippen LogP contribution in [0.4, 0.5) is 24.5 Å². The van der Waals surface area contributed by atoms with Crippen LogP contribution in [0.15, 0.2) is 95.9 Å². The van der Waals surface area contributed by atoms with E-state index in [9.17, 15) is 22.8 Å². The second-order valence-electron chi connectivity index (χ2n) is 11.1. The van der Waals surface area contributed by atoms with Gasteiger partial charge in [-0.3, -0.25) is 9.59 Å². The van der Waals surface area contributed by atoms with Crippen molar-refractivity contribution in [2.45, 2.75) is 44.2 Å². The first kappa shape index (κ1) is 38.7. The number of ether oxygens (including phenoxy) is 1. The number of nitrogens with one attached hydrogen (secondary N) is 2. The largest absolute Gasteiger partial charge is 0.491 e. The number of thioether (sulfide) groups is 1. The SMILES string of the molecule is CCCCc1cccc(SCC)c1C(=O)Nc1ccc(C#N)c(C(F)(F)F)c1.CN(C)CCOc1ccccc1C(=O)Nc1ccccc1. The number of benzene rings is 4. The maximum atomic E-state index is 13.2. The summed E-state index contributed by atoms with van der Waals surface area (Å²) in [6.07, 6.45) is -2.07. The summed E-state index contributed by atoms with van der Waals surface area (Å²) in [5.41, 5.74) is 1.16. The highest BCUT2D eigenvalue weighted by atomic mass is 32.2. The normalized spacial score (nSPS) is 10.8. The van der Waals surface area contributed by atoms with E-state index in [-0.39, 0.29) is 11.6 Å². The third-order valence-electron chi connectivity index (χ3n) is 7.10. The molecule has 49 heavy (non-hydrogen) atoms. The molecule has 258 valence electrons. The summed E-state index contributed by atoms with van der Waals surface area (Å²) in [5.74, 6) is 0.766. The zero-order valence-corrected chi connectivity index (χ0v) is 28.9. The smallest absolute Gasteiger partial charge is 0.417 e. The highest BCUT2D eigenvalue weighted by Crippen LogP contribution is 2.34. The van der Waals surface area contributed by atoms with Gasteiger partial charge < -0.3 is 20.3 Å². The number of amides is 2. The average Bonchev–Trinajstić information content (AvgIpc) is 3.08. The van der Waals surface area contributed by atoms with Gasteiger partial charge in [-0.1, -0.05) is 62.7 Å². The van der Waals surface area contributed by atoms with Crippen molar-refractivity contribution in [3.05, 3.63) is 119 Å². The molecule has 0 unspecified atom stereocenters. The number of likely N-dealkylation sites (N-methyl/N-ethyl adjacent to an activating group) is 1. The zero-order valence-electron chi connectivity index (χ0n) is 28.1. The quantitative estimate of drug-likeness (QED) is 0.136. The molecule has 11 heteroatoms. The molecule has 0 aliphatic carbocycles. The van der Waals surface area contributed by atoms with Crippen molar-refractivity contribution in [3.8, 4) is 11.8 Å². The van der Waals surface area contributed by atoms with E-state index in [1.54, 1.807) is 6.07 Å². The molecule has 4 rings (SSSR count). The van der Waals surface area contributed by atoms with Crippen LogP contribution in [0.1, 0.15) is 64.1 Å². The number of alkyl halides is 3. The molecule has 2 amide bonds. The molecule has 0 radical (unpaired) electrons. The molecule has 4 aromatic carbocycles. The highest BCUT2D eigenvalue weighted by Gasteiger charge is 2.34. The molecule has 0 aromatic heterocycles. The minimum Gasteiger partial charge on any atom is -0.491 e. The van der Waals surface area contributed by atoms with Gasteiger partial charge in [-0.15, -0.1) is 11.8 Å². The maximum absolute atomic E-state index is 13.2. The van der Waals surface area contributed by atoms with Gasteiger partial charge in [0.2, 0.25) is 0 Å². The Morgan fingerprint density at radius 2 is 1.57 bits per heavy atom. The van der Waals surface area contributed by atoms with E-state index >= 15 is 0 Å². The molecule has 0 saturated carbocycles. The lowest BCUT2D eigenvalue weighted by Gasteiger charge is -2.15. The summed E-state index contributed by atoms with van der Waals surface area (Å²) < 4.78 is 45.2. The first-order valence-electron chi connectivity index (χ1n) is 15.9. The number of aryl methyl sites for hydroxylation is 1. The Morgan fingerprint density at radius 1 is 0.878 bits per heavy atom. The van der Waals surface area contributed by atoms with Crippen molar-refractivity contribution in [2.24, 2.45) is 0 Å². The van der Waals surface area contributed by atoms with Crippen LogP contribution >= 0.6 is 11.8 Å². The van der Waals surface area contributed by atoms with Crippen molar-refractivity contribution < 1.29 is 27.5 Å². The zero-order chi connectivity index (χ0) is 35.8. The lowest BCUT2D eigenvalue weighted by Crippen LogP contribution is -2.20. The predicted octanol–water partition coefficient (Wildman–Crippen LogP) is 9.16. The topological polar surface area (TPSA) is 94.5 Å². The Balaban J connectivity index is 0.000000276. The summed E-state index contributed by atoms with van der Waals surface area (Å²) in [6, 6.07) is 27.0. The van der Waals surface area contributed by atoms with Crippen LogP contribution in [0.2, 0.25) is 0 Å². The molecule has 0 aliphatic heterocycles. The fourth-order valence-corrected chi connectivity index (χ4v) is 5.53. The van der Waals surface area contributed by atoms with E-state index in [2.05, 4.69) is 17.6 Å². The van der Waals surface area contributed by atoms with E-state index in [0.717, 1.165) is 59.8 Å². The highest BCUT2D eigenvalue weighted by molar-refractivity contribution is 7.99. The molecule has 0 saturated heterocycles. The third-order valence-corrected chi connectivity index (χ3v) is 8.04. The number of carbonyl (C=O) groups is 2. The molecule has 0 fully saturated rings. The van der Waals surface area contributed by atoms with Gasteiger partial charge in [0.05, 0.1) is 28.3 Å². The van der Waals surface area contributed by atoms with Crippen molar-refractivity contribution >= 4 is 35.0 Å². The van der Waals surface area contributed by atoms with Crippen LogP contribution in [0, 0.1) is 11.3 Å². The molecule has 7 nitrogen and oxygen atoms in total. The average molecular weight is 691 g/mol. The summed E-state index contributed by atoms with van der Waals surface area (Å²) in [4.78, 5) is 28.1. The number of hydrogen-bond acceptors (Lipinski definition) is 6. The molecule has 0 aliphatic rings. The van der Waals surface area contributed by atoms with Gasteiger partial charge in [-0.2, -0.15) is 18.4 Å². The second kappa shape index (κ2) is 19.3. The first-order valence-corrected chi connectivity index (χ1v) is 16.9. The molecule has 0 heterocycles. The molecule has 2 N–H and O–H groups in total. The minimum atomic E-state index is -4.67.